The highest BCUT2D eigenvalue weighted by atomic mass is 19.1. The Labute approximate surface area is 105 Å². The summed E-state index contributed by atoms with van der Waals surface area (Å²) in [5.74, 6) is -2.00. The summed E-state index contributed by atoms with van der Waals surface area (Å²) in [5, 5.41) is 5.18. The number of rotatable bonds is 6. The van der Waals surface area contributed by atoms with Crippen LogP contribution in [-0.4, -0.2) is 44.5 Å². The van der Waals surface area contributed by atoms with Crippen molar-refractivity contribution in [2.75, 3.05) is 39.0 Å². The van der Waals surface area contributed by atoms with Crippen molar-refractivity contribution >= 4 is 11.6 Å². The molecule has 0 aliphatic heterocycles. The largest absolute Gasteiger partial charge is 0.320 e. The Morgan fingerprint density at radius 2 is 1.94 bits per heavy atom. The molecule has 0 aliphatic carbocycles. The molecule has 0 radical (unpaired) electrons. The fourth-order valence-corrected chi connectivity index (χ4v) is 1.42. The molecule has 1 rings (SSSR count). The van der Waals surface area contributed by atoms with Gasteiger partial charge in [0, 0.05) is 13.1 Å². The maximum Gasteiger partial charge on any atom is 0.238 e. The summed E-state index contributed by atoms with van der Waals surface area (Å²) in [4.78, 5) is 13.3. The maximum atomic E-state index is 13.3. The van der Waals surface area contributed by atoms with Crippen LogP contribution in [0.3, 0.4) is 0 Å². The van der Waals surface area contributed by atoms with Crippen molar-refractivity contribution < 1.29 is 13.6 Å². The second kappa shape index (κ2) is 7.03. The van der Waals surface area contributed by atoms with E-state index in [4.69, 9.17) is 0 Å². The van der Waals surface area contributed by atoms with Crippen molar-refractivity contribution in [2.45, 2.75) is 0 Å². The lowest BCUT2D eigenvalue weighted by atomic mass is 10.3. The average Bonchev–Trinajstić information content (AvgIpc) is 2.31. The van der Waals surface area contributed by atoms with Gasteiger partial charge in [0.15, 0.2) is 0 Å². The van der Waals surface area contributed by atoms with E-state index in [0.29, 0.717) is 6.54 Å². The number of anilines is 1. The zero-order chi connectivity index (χ0) is 13.5. The highest BCUT2D eigenvalue weighted by Crippen LogP contribution is 2.17. The number of carbonyl (C=O) groups is 1. The van der Waals surface area contributed by atoms with Crippen molar-refractivity contribution in [2.24, 2.45) is 0 Å². The van der Waals surface area contributed by atoms with E-state index in [1.807, 2.05) is 7.05 Å². The van der Waals surface area contributed by atoms with Crippen molar-refractivity contribution in [3.63, 3.8) is 0 Å². The zero-order valence-corrected chi connectivity index (χ0v) is 10.5. The molecule has 100 valence electrons. The van der Waals surface area contributed by atoms with Gasteiger partial charge in [-0.05, 0) is 26.2 Å². The molecule has 0 atom stereocenters. The van der Waals surface area contributed by atoms with Gasteiger partial charge in [-0.3, -0.25) is 9.69 Å². The smallest absolute Gasteiger partial charge is 0.238 e. The van der Waals surface area contributed by atoms with Gasteiger partial charge >= 0.3 is 0 Å². The van der Waals surface area contributed by atoms with Gasteiger partial charge in [-0.15, -0.1) is 0 Å². The maximum absolute atomic E-state index is 13.3. The van der Waals surface area contributed by atoms with Crippen molar-refractivity contribution in [1.82, 2.24) is 10.2 Å². The predicted octanol–water partition coefficient (Wildman–Crippen LogP) is 1.05. The van der Waals surface area contributed by atoms with Crippen LogP contribution < -0.4 is 10.6 Å². The van der Waals surface area contributed by atoms with Crippen molar-refractivity contribution in [1.29, 1.82) is 0 Å². The second-order valence-corrected chi connectivity index (χ2v) is 3.99. The SMILES string of the molecule is CNCCN(C)CC(=O)Nc1c(F)cccc1F. The van der Waals surface area contributed by atoms with Gasteiger partial charge in [0.1, 0.15) is 17.3 Å². The van der Waals surface area contributed by atoms with Gasteiger partial charge < -0.3 is 10.6 Å². The van der Waals surface area contributed by atoms with Gasteiger partial charge in [-0.2, -0.15) is 0 Å². The number of likely N-dealkylation sites (N-methyl/N-ethyl adjacent to an activating group) is 2. The Hall–Kier alpha value is -1.53. The topological polar surface area (TPSA) is 44.4 Å². The van der Waals surface area contributed by atoms with E-state index >= 15 is 0 Å². The summed E-state index contributed by atoms with van der Waals surface area (Å²) in [5.41, 5.74) is -0.399. The third-order valence-electron chi connectivity index (χ3n) is 2.38. The summed E-state index contributed by atoms with van der Waals surface area (Å²) in [6.45, 7) is 1.48. The van der Waals surface area contributed by atoms with Crippen LogP contribution in [0.25, 0.3) is 0 Å². The van der Waals surface area contributed by atoms with Crippen LogP contribution in [0.5, 0.6) is 0 Å². The average molecular weight is 257 g/mol. The number of nitrogens with one attached hydrogen (secondary N) is 2. The summed E-state index contributed by atoms with van der Waals surface area (Å²) in [6, 6.07) is 3.45. The summed E-state index contributed by atoms with van der Waals surface area (Å²) in [6.07, 6.45) is 0. The van der Waals surface area contributed by atoms with Crippen LogP contribution in [-0.2, 0) is 4.79 Å². The minimum atomic E-state index is -0.777. The van der Waals surface area contributed by atoms with Crippen LogP contribution >= 0.6 is 0 Å². The molecule has 0 bridgehead atoms. The normalized spacial score (nSPS) is 10.7. The predicted molar refractivity (Wildman–Crippen MR) is 66.4 cm³/mol. The van der Waals surface area contributed by atoms with Gasteiger partial charge in [-0.25, -0.2) is 8.78 Å². The highest BCUT2D eigenvalue weighted by molar-refractivity contribution is 5.92. The van der Waals surface area contributed by atoms with Crippen molar-refractivity contribution in [3.05, 3.63) is 29.8 Å². The first-order valence-electron chi connectivity index (χ1n) is 5.61. The number of hydrogen-bond acceptors (Lipinski definition) is 3. The first kappa shape index (κ1) is 14.5. The third-order valence-corrected chi connectivity index (χ3v) is 2.38. The molecule has 0 spiro atoms. The zero-order valence-electron chi connectivity index (χ0n) is 10.5. The minimum Gasteiger partial charge on any atom is -0.320 e. The minimum absolute atomic E-state index is 0.0788. The number of benzene rings is 1. The lowest BCUT2D eigenvalue weighted by Gasteiger charge is -2.16. The summed E-state index contributed by atoms with van der Waals surface area (Å²) in [7, 11) is 3.57. The van der Waals surface area contributed by atoms with Gasteiger partial charge in [0.2, 0.25) is 5.91 Å². The number of nitrogens with zero attached hydrogens (tertiary/aromatic N) is 1. The molecular formula is C12H17F2N3O. The molecule has 0 fully saturated rings. The molecule has 0 unspecified atom stereocenters. The second-order valence-electron chi connectivity index (χ2n) is 3.99. The monoisotopic (exact) mass is 257 g/mol. The fourth-order valence-electron chi connectivity index (χ4n) is 1.42. The highest BCUT2D eigenvalue weighted by Gasteiger charge is 2.12. The standard InChI is InChI=1S/C12H17F2N3O/c1-15-6-7-17(2)8-11(18)16-12-9(13)4-3-5-10(12)14/h3-5,15H,6-8H2,1-2H3,(H,16,18). The Bertz CT molecular complexity index is 392. The van der Waals surface area contributed by atoms with E-state index in [0.717, 1.165) is 18.7 Å². The molecule has 1 aromatic rings. The van der Waals surface area contributed by atoms with E-state index in [2.05, 4.69) is 10.6 Å². The van der Waals surface area contributed by atoms with Crippen LogP contribution in [0, 0.1) is 11.6 Å². The third kappa shape index (κ3) is 4.38. The van der Waals surface area contributed by atoms with E-state index in [9.17, 15) is 13.6 Å². The van der Waals surface area contributed by atoms with Crippen LogP contribution in [0.1, 0.15) is 0 Å². The van der Waals surface area contributed by atoms with Gasteiger partial charge in [0.25, 0.3) is 0 Å². The molecule has 18 heavy (non-hydrogen) atoms. The molecule has 1 amide bonds. The number of para-hydroxylation sites is 1. The van der Waals surface area contributed by atoms with Gasteiger partial charge in [-0.1, -0.05) is 6.07 Å². The van der Waals surface area contributed by atoms with E-state index in [1.165, 1.54) is 6.07 Å². The molecule has 1 aromatic carbocycles. The van der Waals surface area contributed by atoms with Gasteiger partial charge in [0.05, 0.1) is 6.54 Å². The molecule has 0 saturated carbocycles. The number of halogens is 2. The van der Waals surface area contributed by atoms with Crippen LogP contribution in [0.4, 0.5) is 14.5 Å². The Morgan fingerprint density at radius 3 is 2.50 bits per heavy atom. The number of carbonyl (C=O) groups excluding carboxylic acids is 1. The van der Waals surface area contributed by atoms with E-state index in [-0.39, 0.29) is 6.54 Å². The molecule has 2 N–H and O–H groups in total. The van der Waals surface area contributed by atoms with E-state index in [1.54, 1.807) is 11.9 Å². The Balaban J connectivity index is 2.54. The summed E-state index contributed by atoms with van der Waals surface area (Å²) >= 11 is 0. The number of hydrogen-bond donors (Lipinski definition) is 2. The molecule has 0 heterocycles. The van der Waals surface area contributed by atoms with Crippen molar-refractivity contribution in [3.8, 4) is 0 Å². The van der Waals surface area contributed by atoms with Crippen LogP contribution in [0.2, 0.25) is 0 Å². The summed E-state index contributed by atoms with van der Waals surface area (Å²) < 4.78 is 26.5. The first-order chi connectivity index (χ1) is 8.54. The van der Waals surface area contributed by atoms with E-state index < -0.39 is 23.2 Å². The molecule has 0 aliphatic rings. The quantitative estimate of drug-likeness (QED) is 0.801. The molecular weight excluding hydrogens is 240 g/mol. The molecule has 6 heteroatoms. The van der Waals surface area contributed by atoms with Crippen LogP contribution in [0.15, 0.2) is 18.2 Å². The molecule has 0 saturated heterocycles. The lowest BCUT2D eigenvalue weighted by Crippen LogP contribution is -2.34. The lowest BCUT2D eigenvalue weighted by molar-refractivity contribution is -0.117. The Morgan fingerprint density at radius 1 is 1.33 bits per heavy atom. The Kier molecular flexibility index (Phi) is 5.67. The number of amides is 1. The fraction of sp³-hybridized carbons (Fsp3) is 0.417. The molecule has 4 nitrogen and oxygen atoms in total. The first-order valence-corrected chi connectivity index (χ1v) is 5.61. The molecule has 0 aromatic heterocycles.